The van der Waals surface area contributed by atoms with Crippen molar-refractivity contribution in [2.45, 2.75) is 27.7 Å². The molecule has 0 atom stereocenters. The summed E-state index contributed by atoms with van der Waals surface area (Å²) in [5.41, 5.74) is 1.29. The average molecular weight is 214 g/mol. The number of hydrogen-bond donors (Lipinski definition) is 0. The van der Waals surface area contributed by atoms with E-state index in [9.17, 15) is 4.79 Å². The molecule has 0 aliphatic carbocycles. The lowest BCUT2D eigenvalue weighted by atomic mass is 10.3. The van der Waals surface area contributed by atoms with E-state index in [0.717, 1.165) is 10.7 Å². The van der Waals surface area contributed by atoms with Crippen LogP contribution in [0.5, 0.6) is 0 Å². The largest absolute Gasteiger partial charge is 0.463 e. The second kappa shape index (κ2) is 7.68. The number of esters is 1. The molecule has 0 heterocycles. The first kappa shape index (κ1) is 13.3. The van der Waals surface area contributed by atoms with Crippen LogP contribution in [0.4, 0.5) is 0 Å². The predicted molar refractivity (Wildman–Crippen MR) is 62.3 cm³/mol. The molecule has 0 unspecified atom stereocenters. The third-order valence-corrected chi connectivity index (χ3v) is 2.32. The minimum Gasteiger partial charge on any atom is -0.463 e. The van der Waals surface area contributed by atoms with E-state index >= 15 is 0 Å². The Balaban J connectivity index is 3.89. The van der Waals surface area contributed by atoms with Crippen molar-refractivity contribution in [2.75, 3.05) is 12.4 Å². The highest BCUT2D eigenvalue weighted by Crippen LogP contribution is 2.15. The molecule has 0 aromatic rings. The van der Waals surface area contributed by atoms with Crippen LogP contribution in [0.25, 0.3) is 0 Å². The van der Waals surface area contributed by atoms with Crippen LogP contribution in [0.1, 0.15) is 27.7 Å². The van der Waals surface area contributed by atoms with E-state index in [1.807, 2.05) is 6.92 Å². The topological polar surface area (TPSA) is 26.3 Å². The minimum atomic E-state index is -0.255. The zero-order valence-corrected chi connectivity index (χ0v) is 10.1. The smallest absolute Gasteiger partial charge is 0.331 e. The van der Waals surface area contributed by atoms with Crippen LogP contribution in [-0.4, -0.2) is 18.3 Å². The Morgan fingerprint density at radius 1 is 1.36 bits per heavy atom. The minimum absolute atomic E-state index is 0.255. The second-order valence-corrected chi connectivity index (χ2v) is 4.37. The van der Waals surface area contributed by atoms with E-state index in [4.69, 9.17) is 4.74 Å². The SMILES string of the molecule is CCOC(=O)C=C(C)SCC=C(C)C. The summed E-state index contributed by atoms with van der Waals surface area (Å²) < 4.78 is 4.80. The lowest BCUT2D eigenvalue weighted by molar-refractivity contribution is -0.137. The Kier molecular flexibility index (Phi) is 7.30. The number of carbonyl (C=O) groups excluding carboxylic acids is 1. The summed E-state index contributed by atoms with van der Waals surface area (Å²) >= 11 is 1.64. The Hall–Kier alpha value is -0.700. The molecule has 0 radical (unpaired) electrons. The molecule has 3 heteroatoms. The highest BCUT2D eigenvalue weighted by molar-refractivity contribution is 8.03. The molecule has 0 aromatic heterocycles. The van der Waals surface area contributed by atoms with Crippen molar-refractivity contribution in [1.29, 1.82) is 0 Å². The zero-order valence-electron chi connectivity index (χ0n) is 9.29. The summed E-state index contributed by atoms with van der Waals surface area (Å²) in [6.45, 7) is 8.27. The highest BCUT2D eigenvalue weighted by Gasteiger charge is 1.97. The molecule has 80 valence electrons. The molecular formula is C11H18O2S. The first-order valence-corrected chi connectivity index (χ1v) is 5.66. The first-order chi connectivity index (χ1) is 6.56. The van der Waals surface area contributed by atoms with Gasteiger partial charge in [0.2, 0.25) is 0 Å². The summed E-state index contributed by atoms with van der Waals surface area (Å²) in [6.07, 6.45) is 3.67. The second-order valence-electron chi connectivity index (χ2n) is 3.10. The fourth-order valence-electron chi connectivity index (χ4n) is 0.731. The summed E-state index contributed by atoms with van der Waals surface area (Å²) in [4.78, 5) is 12.0. The normalized spacial score (nSPS) is 11.0. The number of rotatable bonds is 5. The van der Waals surface area contributed by atoms with E-state index in [2.05, 4.69) is 19.9 Å². The molecule has 0 rings (SSSR count). The van der Waals surface area contributed by atoms with Crippen molar-refractivity contribution >= 4 is 17.7 Å². The Labute approximate surface area is 90.4 Å². The van der Waals surface area contributed by atoms with Gasteiger partial charge in [0.05, 0.1) is 6.61 Å². The molecule has 0 aliphatic rings. The predicted octanol–water partition coefficient (Wildman–Crippen LogP) is 3.15. The van der Waals surface area contributed by atoms with Crippen molar-refractivity contribution in [2.24, 2.45) is 0 Å². The van der Waals surface area contributed by atoms with Gasteiger partial charge in [-0.3, -0.25) is 0 Å². The lowest BCUT2D eigenvalue weighted by Gasteiger charge is -1.99. The van der Waals surface area contributed by atoms with Gasteiger partial charge in [-0.25, -0.2) is 4.79 Å². The number of allylic oxidation sites excluding steroid dienone is 2. The van der Waals surface area contributed by atoms with Crippen LogP contribution in [-0.2, 0) is 9.53 Å². The van der Waals surface area contributed by atoms with E-state index in [0.29, 0.717) is 6.61 Å². The maximum atomic E-state index is 11.0. The molecule has 0 N–H and O–H groups in total. The van der Waals surface area contributed by atoms with Gasteiger partial charge in [-0.15, -0.1) is 11.8 Å². The third kappa shape index (κ3) is 7.92. The molecular weight excluding hydrogens is 196 g/mol. The van der Waals surface area contributed by atoms with Crippen LogP contribution in [0.3, 0.4) is 0 Å². The maximum Gasteiger partial charge on any atom is 0.331 e. The monoisotopic (exact) mass is 214 g/mol. The first-order valence-electron chi connectivity index (χ1n) is 4.67. The van der Waals surface area contributed by atoms with Crippen LogP contribution >= 0.6 is 11.8 Å². The molecule has 14 heavy (non-hydrogen) atoms. The standard InChI is InChI=1S/C11H18O2S/c1-5-13-11(12)8-10(4)14-7-6-9(2)3/h6,8H,5,7H2,1-4H3. The fourth-order valence-corrected chi connectivity index (χ4v) is 1.59. The van der Waals surface area contributed by atoms with Gasteiger partial charge < -0.3 is 4.74 Å². The Morgan fingerprint density at radius 3 is 2.50 bits per heavy atom. The van der Waals surface area contributed by atoms with E-state index in [1.54, 1.807) is 18.7 Å². The molecule has 0 aliphatic heterocycles. The van der Waals surface area contributed by atoms with Crippen molar-refractivity contribution in [3.63, 3.8) is 0 Å². The van der Waals surface area contributed by atoms with Gasteiger partial charge in [-0.1, -0.05) is 11.6 Å². The molecule has 0 saturated carbocycles. The number of hydrogen-bond acceptors (Lipinski definition) is 3. The van der Waals surface area contributed by atoms with Gasteiger partial charge >= 0.3 is 5.97 Å². The molecule has 0 saturated heterocycles. The van der Waals surface area contributed by atoms with Gasteiger partial charge in [0.1, 0.15) is 0 Å². The highest BCUT2D eigenvalue weighted by atomic mass is 32.2. The molecule has 0 bridgehead atoms. The van der Waals surface area contributed by atoms with Crippen molar-refractivity contribution in [3.05, 3.63) is 22.6 Å². The summed E-state index contributed by atoms with van der Waals surface area (Å²) in [5.74, 6) is 0.652. The fraction of sp³-hybridized carbons (Fsp3) is 0.545. The summed E-state index contributed by atoms with van der Waals surface area (Å²) in [7, 11) is 0. The summed E-state index contributed by atoms with van der Waals surface area (Å²) in [6, 6.07) is 0. The van der Waals surface area contributed by atoms with E-state index < -0.39 is 0 Å². The molecule has 0 aromatic carbocycles. The van der Waals surface area contributed by atoms with Crippen LogP contribution < -0.4 is 0 Å². The van der Waals surface area contributed by atoms with E-state index in [-0.39, 0.29) is 5.97 Å². The molecule has 0 fully saturated rings. The molecule has 2 nitrogen and oxygen atoms in total. The number of ether oxygens (including phenoxy) is 1. The van der Waals surface area contributed by atoms with Crippen molar-refractivity contribution in [1.82, 2.24) is 0 Å². The average Bonchev–Trinajstić information content (AvgIpc) is 2.03. The van der Waals surface area contributed by atoms with Crippen LogP contribution in [0.2, 0.25) is 0 Å². The van der Waals surface area contributed by atoms with E-state index in [1.165, 1.54) is 11.6 Å². The van der Waals surface area contributed by atoms with Gasteiger partial charge in [-0.2, -0.15) is 0 Å². The zero-order chi connectivity index (χ0) is 11.0. The quantitative estimate of drug-likeness (QED) is 0.399. The van der Waals surface area contributed by atoms with Crippen LogP contribution in [0.15, 0.2) is 22.6 Å². The number of carbonyl (C=O) groups is 1. The Bertz CT molecular complexity index is 238. The maximum absolute atomic E-state index is 11.0. The van der Waals surface area contributed by atoms with Gasteiger partial charge in [0.25, 0.3) is 0 Å². The molecule has 0 spiro atoms. The number of thioether (sulfide) groups is 1. The van der Waals surface area contributed by atoms with Crippen molar-refractivity contribution < 1.29 is 9.53 Å². The lowest BCUT2D eigenvalue weighted by Crippen LogP contribution is -1.99. The van der Waals surface area contributed by atoms with Gasteiger partial charge in [0, 0.05) is 11.8 Å². The molecule has 0 amide bonds. The van der Waals surface area contributed by atoms with Crippen LogP contribution in [0, 0.1) is 0 Å². The van der Waals surface area contributed by atoms with Gasteiger partial charge in [-0.05, 0) is 32.6 Å². The van der Waals surface area contributed by atoms with Crippen molar-refractivity contribution in [3.8, 4) is 0 Å². The Morgan fingerprint density at radius 2 is 2.00 bits per heavy atom. The third-order valence-electron chi connectivity index (χ3n) is 1.41. The van der Waals surface area contributed by atoms with Gasteiger partial charge in [0.15, 0.2) is 0 Å². The summed E-state index contributed by atoms with van der Waals surface area (Å²) in [5, 5.41) is 0.